The molecule has 0 spiro atoms. The zero-order valence-electron chi connectivity index (χ0n) is 13.7. The van der Waals surface area contributed by atoms with Gasteiger partial charge in [0.2, 0.25) is 0 Å². The van der Waals surface area contributed by atoms with Gasteiger partial charge >= 0.3 is 0 Å². The number of halogens is 1. The second-order valence-electron chi connectivity index (χ2n) is 5.94. The van der Waals surface area contributed by atoms with Crippen molar-refractivity contribution in [2.75, 3.05) is 0 Å². The average molecular weight is 356 g/mol. The summed E-state index contributed by atoms with van der Waals surface area (Å²) in [6.45, 7) is 1.87. The summed E-state index contributed by atoms with van der Waals surface area (Å²) in [5, 5.41) is 3.76. The maximum Gasteiger partial charge on any atom is 0.276 e. The lowest BCUT2D eigenvalue weighted by Crippen LogP contribution is -2.18. The Morgan fingerprint density at radius 2 is 1.92 bits per heavy atom. The third-order valence-corrected chi connectivity index (χ3v) is 4.95. The molecule has 0 saturated heterocycles. The maximum absolute atomic E-state index is 13.5. The van der Waals surface area contributed by atoms with Crippen molar-refractivity contribution < 1.29 is 12.8 Å². The molecule has 0 aromatic heterocycles. The number of hydrazone groups is 1. The highest BCUT2D eigenvalue weighted by molar-refractivity contribution is 7.89. The molecule has 6 heteroatoms. The van der Waals surface area contributed by atoms with Gasteiger partial charge in [-0.05, 0) is 50.1 Å². The molecule has 0 unspecified atom stereocenters. The number of sulfonamides is 1. The van der Waals surface area contributed by atoms with Crippen LogP contribution in [0.4, 0.5) is 4.39 Å². The summed E-state index contributed by atoms with van der Waals surface area (Å²) >= 11 is 0. The molecule has 1 aliphatic rings. The molecule has 3 rings (SSSR count). The highest BCUT2D eigenvalue weighted by Gasteiger charge is 2.18. The highest BCUT2D eigenvalue weighted by atomic mass is 32.2. The summed E-state index contributed by atoms with van der Waals surface area (Å²) in [4.78, 5) is 2.25. The van der Waals surface area contributed by atoms with Crippen LogP contribution in [0.1, 0.15) is 29.5 Å². The SMILES string of the molecule is Cc1ccc(S(=O)(=O)N/N=C/c2cc(F)ccc2C#CC2CC2)cc1. The summed E-state index contributed by atoms with van der Waals surface area (Å²) in [6, 6.07) is 10.6. The summed E-state index contributed by atoms with van der Waals surface area (Å²) in [5.41, 5.74) is 2.01. The normalized spacial score (nSPS) is 14.2. The molecule has 1 N–H and O–H groups in total. The van der Waals surface area contributed by atoms with Gasteiger partial charge in [-0.3, -0.25) is 0 Å². The second-order valence-corrected chi connectivity index (χ2v) is 7.60. The first-order valence-corrected chi connectivity index (χ1v) is 9.35. The van der Waals surface area contributed by atoms with Crippen LogP contribution in [0.25, 0.3) is 0 Å². The summed E-state index contributed by atoms with van der Waals surface area (Å²) in [6.07, 6.45) is 3.45. The summed E-state index contributed by atoms with van der Waals surface area (Å²) < 4.78 is 37.8. The third-order valence-electron chi connectivity index (χ3n) is 3.71. The van der Waals surface area contributed by atoms with Gasteiger partial charge in [0, 0.05) is 17.0 Å². The Morgan fingerprint density at radius 3 is 2.60 bits per heavy atom. The molecular weight excluding hydrogens is 339 g/mol. The number of hydrogen-bond donors (Lipinski definition) is 1. The van der Waals surface area contributed by atoms with E-state index in [1.807, 2.05) is 6.92 Å². The van der Waals surface area contributed by atoms with Crippen LogP contribution in [0.3, 0.4) is 0 Å². The summed E-state index contributed by atoms with van der Waals surface area (Å²) in [7, 11) is -3.76. The van der Waals surface area contributed by atoms with E-state index in [-0.39, 0.29) is 4.90 Å². The van der Waals surface area contributed by atoms with Crippen molar-refractivity contribution in [1.29, 1.82) is 0 Å². The molecule has 2 aromatic rings. The van der Waals surface area contributed by atoms with Gasteiger partial charge < -0.3 is 0 Å². The number of aryl methyl sites for hydroxylation is 1. The van der Waals surface area contributed by atoms with Crippen molar-refractivity contribution in [3.8, 4) is 11.8 Å². The van der Waals surface area contributed by atoms with Crippen LogP contribution >= 0.6 is 0 Å². The minimum Gasteiger partial charge on any atom is -0.207 e. The van der Waals surface area contributed by atoms with Crippen molar-refractivity contribution in [2.45, 2.75) is 24.7 Å². The van der Waals surface area contributed by atoms with Gasteiger partial charge in [0.05, 0.1) is 11.1 Å². The van der Waals surface area contributed by atoms with Crippen LogP contribution in [0.15, 0.2) is 52.5 Å². The Balaban J connectivity index is 1.78. The minimum atomic E-state index is -3.76. The lowest BCUT2D eigenvalue weighted by atomic mass is 10.1. The van der Waals surface area contributed by atoms with Crippen LogP contribution in [0, 0.1) is 30.5 Å². The highest BCUT2D eigenvalue weighted by Crippen LogP contribution is 2.27. The number of nitrogens with zero attached hydrogens (tertiary/aromatic N) is 1. The summed E-state index contributed by atoms with van der Waals surface area (Å²) in [5.74, 6) is 6.08. The van der Waals surface area contributed by atoms with E-state index in [2.05, 4.69) is 21.8 Å². The van der Waals surface area contributed by atoms with Crippen LogP contribution in [-0.2, 0) is 10.0 Å². The first kappa shape index (κ1) is 17.2. The van der Waals surface area contributed by atoms with Crippen molar-refractivity contribution in [3.05, 3.63) is 65.0 Å². The van der Waals surface area contributed by atoms with E-state index in [1.165, 1.54) is 30.5 Å². The number of benzene rings is 2. The molecule has 25 heavy (non-hydrogen) atoms. The fraction of sp³-hybridized carbons (Fsp3) is 0.211. The second kappa shape index (κ2) is 7.08. The first-order chi connectivity index (χ1) is 11.9. The van der Waals surface area contributed by atoms with E-state index >= 15 is 0 Å². The van der Waals surface area contributed by atoms with Crippen LogP contribution < -0.4 is 4.83 Å². The average Bonchev–Trinajstić information content (AvgIpc) is 3.39. The maximum atomic E-state index is 13.5. The van der Waals surface area contributed by atoms with Gasteiger partial charge in [0.15, 0.2) is 0 Å². The molecular formula is C19H17FN2O2S. The molecule has 1 fully saturated rings. The van der Waals surface area contributed by atoms with Gasteiger partial charge in [0.25, 0.3) is 10.0 Å². The van der Waals surface area contributed by atoms with Gasteiger partial charge in [-0.15, -0.1) is 0 Å². The smallest absolute Gasteiger partial charge is 0.207 e. The van der Waals surface area contributed by atoms with E-state index in [0.29, 0.717) is 17.0 Å². The van der Waals surface area contributed by atoms with Gasteiger partial charge in [0.1, 0.15) is 5.82 Å². The van der Waals surface area contributed by atoms with E-state index < -0.39 is 15.8 Å². The van der Waals surface area contributed by atoms with Crippen LogP contribution in [-0.4, -0.2) is 14.6 Å². The van der Waals surface area contributed by atoms with Gasteiger partial charge in [-0.25, -0.2) is 9.22 Å². The van der Waals surface area contributed by atoms with Crippen molar-refractivity contribution in [1.82, 2.24) is 4.83 Å². The first-order valence-electron chi connectivity index (χ1n) is 7.87. The van der Waals surface area contributed by atoms with E-state index in [9.17, 15) is 12.8 Å². The molecule has 0 aliphatic heterocycles. The molecule has 0 amide bonds. The van der Waals surface area contributed by atoms with Crippen molar-refractivity contribution >= 4 is 16.2 Å². The topological polar surface area (TPSA) is 58.5 Å². The van der Waals surface area contributed by atoms with E-state index in [4.69, 9.17) is 0 Å². The zero-order valence-corrected chi connectivity index (χ0v) is 14.5. The lowest BCUT2D eigenvalue weighted by Gasteiger charge is -2.04. The monoisotopic (exact) mass is 356 g/mol. The molecule has 2 aromatic carbocycles. The Morgan fingerprint density at radius 1 is 1.20 bits per heavy atom. The van der Waals surface area contributed by atoms with E-state index in [1.54, 1.807) is 18.2 Å². The fourth-order valence-electron chi connectivity index (χ4n) is 2.10. The molecule has 128 valence electrons. The Labute approximate surface area is 146 Å². The molecule has 0 heterocycles. The number of hydrogen-bond acceptors (Lipinski definition) is 3. The van der Waals surface area contributed by atoms with E-state index in [0.717, 1.165) is 18.4 Å². The third kappa shape index (κ3) is 4.68. The number of rotatable bonds is 4. The molecule has 1 saturated carbocycles. The molecule has 0 bridgehead atoms. The molecule has 1 aliphatic carbocycles. The fourth-order valence-corrected chi connectivity index (χ4v) is 2.89. The minimum absolute atomic E-state index is 0.114. The molecule has 4 nitrogen and oxygen atoms in total. The van der Waals surface area contributed by atoms with Crippen molar-refractivity contribution in [2.24, 2.45) is 11.0 Å². The Bertz CT molecular complexity index is 967. The standard InChI is InChI=1S/C19H17FN2O2S/c1-14-2-10-19(11-3-14)25(23,24)22-21-13-17-12-18(20)9-8-16(17)7-6-15-4-5-15/h2-3,8-13,15,22H,4-5H2,1H3/b21-13+. The van der Waals surface area contributed by atoms with Crippen LogP contribution in [0.2, 0.25) is 0 Å². The molecule has 0 atom stereocenters. The number of nitrogens with one attached hydrogen (secondary N) is 1. The predicted octanol–water partition coefficient (Wildman–Crippen LogP) is 3.21. The molecule has 0 radical (unpaired) electrons. The lowest BCUT2D eigenvalue weighted by molar-refractivity contribution is 0.584. The van der Waals surface area contributed by atoms with Gasteiger partial charge in [-0.2, -0.15) is 13.5 Å². The predicted molar refractivity (Wildman–Crippen MR) is 95.1 cm³/mol. The Hall–Kier alpha value is -2.65. The zero-order chi connectivity index (χ0) is 17.9. The van der Waals surface area contributed by atoms with Gasteiger partial charge in [-0.1, -0.05) is 29.5 Å². The van der Waals surface area contributed by atoms with Crippen molar-refractivity contribution in [3.63, 3.8) is 0 Å². The van der Waals surface area contributed by atoms with Crippen LogP contribution in [0.5, 0.6) is 0 Å². The quantitative estimate of drug-likeness (QED) is 0.520. The Kier molecular flexibility index (Phi) is 4.86. The largest absolute Gasteiger partial charge is 0.276 e.